The molecule has 0 spiro atoms. The summed E-state index contributed by atoms with van der Waals surface area (Å²) in [5, 5.41) is 0.659. The zero-order valence-corrected chi connectivity index (χ0v) is 12.7. The van der Waals surface area contributed by atoms with Crippen LogP contribution >= 0.6 is 11.6 Å². The van der Waals surface area contributed by atoms with Crippen LogP contribution in [0.1, 0.15) is 25.1 Å². The lowest BCUT2D eigenvalue weighted by atomic mass is 9.98. The van der Waals surface area contributed by atoms with Crippen LogP contribution in [0, 0.1) is 5.92 Å². The van der Waals surface area contributed by atoms with E-state index in [2.05, 4.69) is 9.55 Å². The molecular weight excluding hydrogens is 288 g/mol. The van der Waals surface area contributed by atoms with E-state index in [1.54, 1.807) is 0 Å². The third kappa shape index (κ3) is 3.11. The van der Waals surface area contributed by atoms with Crippen molar-refractivity contribution in [1.29, 1.82) is 0 Å². The van der Waals surface area contributed by atoms with Gasteiger partial charge in [0, 0.05) is 19.8 Å². The van der Waals surface area contributed by atoms with Gasteiger partial charge in [-0.1, -0.05) is 12.1 Å². The number of para-hydroxylation sites is 1. The molecule has 0 radical (unpaired) electrons. The van der Waals surface area contributed by atoms with Gasteiger partial charge in [-0.05, 0) is 37.3 Å². The van der Waals surface area contributed by atoms with Gasteiger partial charge in [-0.3, -0.25) is 4.79 Å². The molecule has 0 N–H and O–H groups in total. The zero-order valence-electron chi connectivity index (χ0n) is 11.9. The van der Waals surface area contributed by atoms with Crippen molar-refractivity contribution in [2.24, 2.45) is 5.92 Å². The third-order valence-electron chi connectivity index (χ3n) is 4.10. The number of ether oxygens (including phenoxy) is 1. The third-order valence-corrected chi connectivity index (χ3v) is 4.34. The van der Waals surface area contributed by atoms with Gasteiger partial charge in [0.1, 0.15) is 5.82 Å². The van der Waals surface area contributed by atoms with Gasteiger partial charge < -0.3 is 9.30 Å². The number of benzene rings is 1. The van der Waals surface area contributed by atoms with Gasteiger partial charge in [-0.2, -0.15) is 4.98 Å². The molecule has 4 nitrogen and oxygen atoms in total. The number of alkyl halides is 1. The minimum atomic E-state index is -0.196. The summed E-state index contributed by atoms with van der Waals surface area (Å²) in [5.41, 5.74) is 0.725. The minimum absolute atomic E-state index is 0.196. The molecule has 1 atom stereocenters. The molecule has 1 unspecified atom stereocenters. The molecule has 2 heterocycles. The molecule has 21 heavy (non-hydrogen) atoms. The fraction of sp³-hybridized carbons (Fsp3) is 0.500. The normalized spacial score (nSPS) is 19.0. The van der Waals surface area contributed by atoms with E-state index in [0.717, 1.165) is 38.1 Å². The van der Waals surface area contributed by atoms with Crippen LogP contribution in [0.3, 0.4) is 0 Å². The first-order valence-electron chi connectivity index (χ1n) is 7.42. The van der Waals surface area contributed by atoms with Crippen molar-refractivity contribution in [2.75, 3.05) is 13.2 Å². The van der Waals surface area contributed by atoms with Gasteiger partial charge in [0.15, 0.2) is 0 Å². The summed E-state index contributed by atoms with van der Waals surface area (Å²) >= 11 is 5.98. The monoisotopic (exact) mass is 306 g/mol. The highest BCUT2D eigenvalue weighted by Gasteiger charge is 2.16. The van der Waals surface area contributed by atoms with E-state index in [-0.39, 0.29) is 11.4 Å². The highest BCUT2D eigenvalue weighted by Crippen LogP contribution is 2.20. The summed E-state index contributed by atoms with van der Waals surface area (Å²) in [6.45, 7) is 2.54. The van der Waals surface area contributed by atoms with Gasteiger partial charge in [-0.15, -0.1) is 11.6 Å². The van der Waals surface area contributed by atoms with Crippen molar-refractivity contribution in [2.45, 2.75) is 31.7 Å². The van der Waals surface area contributed by atoms with Crippen LogP contribution in [0.25, 0.3) is 10.9 Å². The molecule has 1 saturated heterocycles. The van der Waals surface area contributed by atoms with Crippen molar-refractivity contribution in [1.82, 2.24) is 9.55 Å². The summed E-state index contributed by atoms with van der Waals surface area (Å²) in [5.74, 6) is 1.48. The fourth-order valence-corrected chi connectivity index (χ4v) is 3.17. The second kappa shape index (κ2) is 6.58. The first-order chi connectivity index (χ1) is 10.3. The number of rotatable bonds is 4. The highest BCUT2D eigenvalue weighted by molar-refractivity contribution is 6.16. The summed E-state index contributed by atoms with van der Waals surface area (Å²) < 4.78 is 7.61. The molecule has 3 rings (SSSR count). The van der Waals surface area contributed by atoms with E-state index in [1.807, 2.05) is 24.3 Å². The Morgan fingerprint density at radius 3 is 3.00 bits per heavy atom. The van der Waals surface area contributed by atoms with Crippen LogP contribution in [-0.2, 0) is 17.2 Å². The zero-order chi connectivity index (χ0) is 14.7. The summed E-state index contributed by atoms with van der Waals surface area (Å²) in [4.78, 5) is 16.1. The molecule has 112 valence electrons. The van der Waals surface area contributed by atoms with Gasteiger partial charge >= 0.3 is 0 Å². The molecule has 0 aliphatic carbocycles. The number of hydrogen-bond acceptors (Lipinski definition) is 3. The van der Waals surface area contributed by atoms with Crippen molar-refractivity contribution in [3.8, 4) is 0 Å². The van der Waals surface area contributed by atoms with Gasteiger partial charge in [0.2, 0.25) is 0 Å². The van der Waals surface area contributed by atoms with Crippen LogP contribution in [0.4, 0.5) is 0 Å². The lowest BCUT2D eigenvalue weighted by Crippen LogP contribution is -2.22. The summed E-state index contributed by atoms with van der Waals surface area (Å²) in [6, 6.07) is 7.60. The van der Waals surface area contributed by atoms with Crippen molar-refractivity contribution >= 4 is 22.5 Å². The smallest absolute Gasteiger partial charge is 0.280 e. The van der Waals surface area contributed by atoms with Gasteiger partial charge in [0.25, 0.3) is 5.56 Å². The van der Waals surface area contributed by atoms with E-state index in [0.29, 0.717) is 17.1 Å². The molecule has 1 aliphatic rings. The fourth-order valence-electron chi connectivity index (χ4n) is 2.96. The first-order valence-corrected chi connectivity index (χ1v) is 7.95. The highest BCUT2D eigenvalue weighted by atomic mass is 35.5. The van der Waals surface area contributed by atoms with Crippen LogP contribution in [0.15, 0.2) is 29.1 Å². The number of nitrogens with zero attached hydrogens (tertiary/aromatic N) is 2. The Balaban J connectivity index is 1.92. The second-order valence-electron chi connectivity index (χ2n) is 5.51. The molecule has 1 aromatic heterocycles. The number of halogens is 1. The Morgan fingerprint density at radius 1 is 1.38 bits per heavy atom. The SMILES string of the molecule is O=c1nc(CCl)n(CCC2CCCOC2)c2ccccc12. The summed E-state index contributed by atoms with van der Waals surface area (Å²) in [7, 11) is 0. The average Bonchev–Trinajstić information content (AvgIpc) is 2.55. The van der Waals surface area contributed by atoms with Crippen LogP contribution in [0.2, 0.25) is 0 Å². The lowest BCUT2D eigenvalue weighted by molar-refractivity contribution is 0.0501. The Labute approximate surface area is 128 Å². The molecular formula is C16H19ClN2O2. The van der Waals surface area contributed by atoms with E-state index in [9.17, 15) is 4.79 Å². The lowest BCUT2D eigenvalue weighted by Gasteiger charge is -2.23. The molecule has 2 aromatic rings. The van der Waals surface area contributed by atoms with E-state index < -0.39 is 0 Å². The van der Waals surface area contributed by atoms with E-state index in [1.165, 1.54) is 6.42 Å². The predicted octanol–water partition coefficient (Wildman–Crippen LogP) is 2.95. The van der Waals surface area contributed by atoms with E-state index in [4.69, 9.17) is 16.3 Å². The van der Waals surface area contributed by atoms with Crippen LogP contribution < -0.4 is 5.56 Å². The standard InChI is InChI=1S/C16H19ClN2O2/c17-10-15-18-16(20)13-5-1-2-6-14(13)19(15)8-7-12-4-3-9-21-11-12/h1-2,5-6,12H,3-4,7-11H2. The predicted molar refractivity (Wildman–Crippen MR) is 83.7 cm³/mol. The number of hydrogen-bond donors (Lipinski definition) is 0. The Kier molecular flexibility index (Phi) is 4.56. The Morgan fingerprint density at radius 2 is 2.24 bits per heavy atom. The van der Waals surface area contributed by atoms with Crippen molar-refractivity contribution < 1.29 is 4.74 Å². The molecule has 1 aliphatic heterocycles. The second-order valence-corrected chi connectivity index (χ2v) is 5.77. The van der Waals surface area contributed by atoms with Gasteiger partial charge in [0.05, 0.1) is 16.8 Å². The molecule has 1 aromatic carbocycles. The first kappa shape index (κ1) is 14.5. The maximum atomic E-state index is 12.0. The summed E-state index contributed by atoms with van der Waals surface area (Å²) in [6.07, 6.45) is 3.37. The molecule has 1 fully saturated rings. The maximum absolute atomic E-state index is 12.0. The largest absolute Gasteiger partial charge is 0.381 e. The molecule has 0 bridgehead atoms. The molecule has 0 amide bonds. The molecule has 0 saturated carbocycles. The Hall–Kier alpha value is -1.39. The van der Waals surface area contributed by atoms with Crippen LogP contribution in [0.5, 0.6) is 0 Å². The van der Waals surface area contributed by atoms with Crippen molar-refractivity contribution in [3.05, 3.63) is 40.4 Å². The Bertz CT molecular complexity index is 678. The van der Waals surface area contributed by atoms with Crippen molar-refractivity contribution in [3.63, 3.8) is 0 Å². The molecule has 5 heteroatoms. The van der Waals surface area contributed by atoms with Crippen LogP contribution in [-0.4, -0.2) is 22.8 Å². The van der Waals surface area contributed by atoms with E-state index >= 15 is 0 Å². The average molecular weight is 307 g/mol. The maximum Gasteiger partial charge on any atom is 0.280 e. The topological polar surface area (TPSA) is 44.1 Å². The minimum Gasteiger partial charge on any atom is -0.381 e. The van der Waals surface area contributed by atoms with Gasteiger partial charge in [-0.25, -0.2) is 0 Å². The number of aromatic nitrogens is 2. The quantitative estimate of drug-likeness (QED) is 0.816. The number of aryl methyl sites for hydroxylation is 1. The number of fused-ring (bicyclic) bond motifs is 1.